The van der Waals surface area contributed by atoms with Crippen molar-refractivity contribution >= 4 is 5.78 Å². The van der Waals surface area contributed by atoms with E-state index in [1.165, 1.54) is 0 Å². The van der Waals surface area contributed by atoms with Gasteiger partial charge in [0.2, 0.25) is 5.89 Å². The maximum atomic E-state index is 13.2. The summed E-state index contributed by atoms with van der Waals surface area (Å²) in [7, 11) is 0. The molecular formula is C25H32F2N2O3. The molecule has 0 radical (unpaired) electrons. The Hall–Kier alpha value is -2.41. The number of ketones is 1. The van der Waals surface area contributed by atoms with Crippen molar-refractivity contribution in [1.29, 1.82) is 0 Å². The molecule has 1 aromatic heterocycles. The van der Waals surface area contributed by atoms with Gasteiger partial charge in [0.15, 0.2) is 5.78 Å². The SMILES string of the molecule is C=C(CC1CCC(OCCCC)CC1)C(=O)c1cc(-c2nnc(C(F)F)o2)ccc1CC. The zero-order valence-corrected chi connectivity index (χ0v) is 18.9. The molecule has 0 saturated heterocycles. The number of unbranched alkanes of at least 4 members (excludes halogenated alkanes) is 1. The predicted molar refractivity (Wildman–Crippen MR) is 119 cm³/mol. The van der Waals surface area contributed by atoms with Crippen LogP contribution in [-0.2, 0) is 11.2 Å². The van der Waals surface area contributed by atoms with Crippen LogP contribution in [0, 0.1) is 5.92 Å². The lowest BCUT2D eigenvalue weighted by molar-refractivity contribution is 0.0168. The lowest BCUT2D eigenvalue weighted by Crippen LogP contribution is -2.23. The summed E-state index contributed by atoms with van der Waals surface area (Å²) in [4.78, 5) is 13.2. The van der Waals surface area contributed by atoms with Crippen LogP contribution >= 0.6 is 0 Å². The van der Waals surface area contributed by atoms with Gasteiger partial charge in [0.25, 0.3) is 5.89 Å². The minimum atomic E-state index is -2.83. The van der Waals surface area contributed by atoms with Gasteiger partial charge in [0.1, 0.15) is 0 Å². The van der Waals surface area contributed by atoms with E-state index in [-0.39, 0.29) is 11.7 Å². The second-order valence-corrected chi connectivity index (χ2v) is 8.48. The van der Waals surface area contributed by atoms with Crippen LogP contribution in [0.4, 0.5) is 8.78 Å². The first-order valence-corrected chi connectivity index (χ1v) is 11.5. The van der Waals surface area contributed by atoms with Crippen LogP contribution in [0.2, 0.25) is 0 Å². The fraction of sp³-hybridized carbons (Fsp3) is 0.560. The van der Waals surface area contributed by atoms with Crippen LogP contribution in [0.1, 0.15) is 87.0 Å². The molecule has 32 heavy (non-hydrogen) atoms. The smallest absolute Gasteiger partial charge is 0.314 e. The molecule has 5 nitrogen and oxygen atoms in total. The molecule has 0 atom stereocenters. The number of alkyl halides is 2. The molecule has 1 heterocycles. The van der Waals surface area contributed by atoms with Gasteiger partial charge in [-0.15, -0.1) is 10.2 Å². The number of hydrogen-bond acceptors (Lipinski definition) is 5. The van der Waals surface area contributed by atoms with Gasteiger partial charge in [0.05, 0.1) is 6.10 Å². The summed E-state index contributed by atoms with van der Waals surface area (Å²) in [6.45, 7) is 9.03. The van der Waals surface area contributed by atoms with Crippen molar-refractivity contribution in [3.63, 3.8) is 0 Å². The number of allylic oxidation sites excluding steroid dienone is 1. The van der Waals surface area contributed by atoms with E-state index in [1.807, 2.05) is 6.92 Å². The first-order valence-electron chi connectivity index (χ1n) is 11.5. The number of aryl methyl sites for hydroxylation is 1. The molecule has 2 aromatic rings. The van der Waals surface area contributed by atoms with Crippen molar-refractivity contribution in [2.45, 2.75) is 77.7 Å². The fourth-order valence-corrected chi connectivity index (χ4v) is 4.20. The summed E-state index contributed by atoms with van der Waals surface area (Å²) in [6, 6.07) is 5.16. The van der Waals surface area contributed by atoms with Gasteiger partial charge in [-0.25, -0.2) is 0 Å². The minimum absolute atomic E-state index is 0.0241. The Morgan fingerprint density at radius 1 is 1.22 bits per heavy atom. The Balaban J connectivity index is 1.65. The van der Waals surface area contributed by atoms with Gasteiger partial charge >= 0.3 is 6.43 Å². The highest BCUT2D eigenvalue weighted by Gasteiger charge is 2.25. The number of carbonyl (C=O) groups excluding carboxylic acids is 1. The monoisotopic (exact) mass is 446 g/mol. The second kappa shape index (κ2) is 11.5. The molecule has 174 valence electrons. The van der Waals surface area contributed by atoms with E-state index in [1.54, 1.807) is 18.2 Å². The van der Waals surface area contributed by atoms with Crippen molar-refractivity contribution in [2.24, 2.45) is 5.92 Å². The third-order valence-corrected chi connectivity index (χ3v) is 6.11. The molecule has 1 aliphatic rings. The number of hydrogen-bond donors (Lipinski definition) is 0. The standard InChI is InChI=1S/C25H32F2N2O3/c1-4-6-13-31-20-11-7-17(8-12-20)14-16(3)22(30)21-15-19(10-9-18(21)5-2)24-28-29-25(32-24)23(26)27/h9-10,15,17,20,23H,3-8,11-14H2,1-2H3. The Kier molecular flexibility index (Phi) is 8.67. The van der Waals surface area contributed by atoms with Crippen LogP contribution in [0.25, 0.3) is 11.5 Å². The maximum absolute atomic E-state index is 13.2. The van der Waals surface area contributed by atoms with Crippen LogP contribution in [0.5, 0.6) is 0 Å². The molecule has 0 N–H and O–H groups in total. The summed E-state index contributed by atoms with van der Waals surface area (Å²) >= 11 is 0. The fourth-order valence-electron chi connectivity index (χ4n) is 4.20. The summed E-state index contributed by atoms with van der Waals surface area (Å²) in [5.41, 5.74) is 2.42. The number of benzene rings is 1. The highest BCUT2D eigenvalue weighted by molar-refractivity contribution is 6.09. The normalized spacial score (nSPS) is 18.8. The predicted octanol–water partition coefficient (Wildman–Crippen LogP) is 6.74. The Morgan fingerprint density at radius 3 is 2.59 bits per heavy atom. The van der Waals surface area contributed by atoms with Crippen molar-refractivity contribution < 1.29 is 22.7 Å². The van der Waals surface area contributed by atoms with Crippen LogP contribution in [-0.4, -0.2) is 28.7 Å². The molecule has 1 aromatic carbocycles. The van der Waals surface area contributed by atoms with E-state index in [0.29, 0.717) is 41.6 Å². The topological polar surface area (TPSA) is 65.2 Å². The van der Waals surface area contributed by atoms with Crippen LogP contribution in [0.3, 0.4) is 0 Å². The van der Waals surface area contributed by atoms with Crippen LogP contribution < -0.4 is 0 Å². The van der Waals surface area contributed by atoms with Gasteiger partial charge in [-0.3, -0.25) is 4.79 Å². The molecule has 1 saturated carbocycles. The molecule has 1 aliphatic carbocycles. The number of ether oxygens (including phenoxy) is 1. The molecule has 1 fully saturated rings. The third kappa shape index (κ3) is 6.09. The third-order valence-electron chi connectivity index (χ3n) is 6.11. The highest BCUT2D eigenvalue weighted by Crippen LogP contribution is 2.32. The summed E-state index contributed by atoms with van der Waals surface area (Å²) in [5, 5.41) is 7.07. The quantitative estimate of drug-likeness (QED) is 0.217. The Labute approximate surface area is 188 Å². The Morgan fingerprint density at radius 2 is 1.97 bits per heavy atom. The first-order chi connectivity index (χ1) is 15.4. The lowest BCUT2D eigenvalue weighted by atomic mass is 9.82. The highest BCUT2D eigenvalue weighted by atomic mass is 19.3. The number of carbonyl (C=O) groups is 1. The summed E-state index contributed by atoms with van der Waals surface area (Å²) in [6.07, 6.45) is 5.16. The number of halogens is 2. The van der Waals surface area contributed by atoms with Gasteiger partial charge in [-0.2, -0.15) is 8.78 Å². The Bertz CT molecular complexity index is 918. The van der Waals surface area contributed by atoms with E-state index in [9.17, 15) is 13.6 Å². The van der Waals surface area contributed by atoms with Crippen molar-refractivity contribution in [2.75, 3.05) is 6.61 Å². The van der Waals surface area contributed by atoms with E-state index < -0.39 is 12.3 Å². The van der Waals surface area contributed by atoms with E-state index in [0.717, 1.165) is 50.7 Å². The number of nitrogens with zero attached hydrogens (tertiary/aromatic N) is 2. The number of Topliss-reactive ketones (excluding diaryl/α,β-unsaturated/α-hetero) is 1. The largest absolute Gasteiger partial charge is 0.415 e. The zero-order chi connectivity index (χ0) is 23.1. The van der Waals surface area contributed by atoms with Crippen molar-refractivity contribution in [3.05, 3.63) is 47.4 Å². The van der Waals surface area contributed by atoms with E-state index in [2.05, 4.69) is 23.7 Å². The minimum Gasteiger partial charge on any atom is -0.415 e. The summed E-state index contributed by atoms with van der Waals surface area (Å²) < 4.78 is 36.6. The molecule has 0 bridgehead atoms. The molecular weight excluding hydrogens is 414 g/mol. The summed E-state index contributed by atoms with van der Waals surface area (Å²) in [5.74, 6) is -0.441. The van der Waals surface area contributed by atoms with E-state index >= 15 is 0 Å². The molecule has 7 heteroatoms. The first kappa shape index (κ1) is 24.2. The molecule has 3 rings (SSSR count). The average molecular weight is 447 g/mol. The maximum Gasteiger partial charge on any atom is 0.314 e. The van der Waals surface area contributed by atoms with E-state index in [4.69, 9.17) is 9.15 Å². The molecule has 0 spiro atoms. The second-order valence-electron chi connectivity index (χ2n) is 8.48. The average Bonchev–Trinajstić information content (AvgIpc) is 3.30. The number of rotatable bonds is 11. The van der Waals surface area contributed by atoms with Crippen molar-refractivity contribution in [3.8, 4) is 11.5 Å². The van der Waals surface area contributed by atoms with Gasteiger partial charge in [-0.1, -0.05) is 32.9 Å². The van der Waals surface area contributed by atoms with Crippen LogP contribution in [0.15, 0.2) is 34.8 Å². The molecule has 0 amide bonds. The van der Waals surface area contributed by atoms with Crippen molar-refractivity contribution in [1.82, 2.24) is 10.2 Å². The molecule has 0 aliphatic heterocycles. The lowest BCUT2D eigenvalue weighted by Gasteiger charge is -2.29. The van der Waals surface area contributed by atoms with Gasteiger partial charge < -0.3 is 9.15 Å². The van der Waals surface area contributed by atoms with Gasteiger partial charge in [-0.05, 0) is 74.1 Å². The van der Waals surface area contributed by atoms with Gasteiger partial charge in [0, 0.05) is 17.7 Å². The molecule has 0 unspecified atom stereocenters. The number of aromatic nitrogens is 2. The zero-order valence-electron chi connectivity index (χ0n) is 18.9.